The number of likely N-dealkylation sites (tertiary alicyclic amines) is 1. The summed E-state index contributed by atoms with van der Waals surface area (Å²) >= 11 is 0. The largest absolute Gasteiger partial charge is 0.348 e. The number of carbonyl (C=O) groups excluding carboxylic acids is 2. The molecule has 0 bridgehead atoms. The third-order valence-electron chi connectivity index (χ3n) is 5.56. The van der Waals surface area contributed by atoms with Crippen molar-refractivity contribution >= 4 is 23.2 Å². The number of nitro benzene ring substituents is 1. The third-order valence-corrected chi connectivity index (χ3v) is 5.56. The van der Waals surface area contributed by atoms with Gasteiger partial charge in [-0.25, -0.2) is 0 Å². The lowest BCUT2D eigenvalue weighted by Gasteiger charge is -2.36. The number of carbonyl (C=O) groups is 2. The van der Waals surface area contributed by atoms with Gasteiger partial charge in [-0.05, 0) is 50.8 Å². The number of nitro groups is 1. The van der Waals surface area contributed by atoms with Crippen LogP contribution in [0.3, 0.4) is 0 Å². The molecule has 1 saturated carbocycles. The Hall–Kier alpha value is -2.48. The molecule has 1 aliphatic heterocycles. The van der Waals surface area contributed by atoms with Gasteiger partial charge in [0.15, 0.2) is 0 Å². The number of anilines is 1. The van der Waals surface area contributed by atoms with Crippen LogP contribution in [0.1, 0.15) is 38.5 Å². The van der Waals surface area contributed by atoms with Crippen molar-refractivity contribution in [2.24, 2.45) is 5.92 Å². The van der Waals surface area contributed by atoms with Crippen LogP contribution < -0.4 is 10.6 Å². The van der Waals surface area contributed by atoms with Crippen molar-refractivity contribution in [3.63, 3.8) is 0 Å². The summed E-state index contributed by atoms with van der Waals surface area (Å²) in [7, 11) is 0. The van der Waals surface area contributed by atoms with Gasteiger partial charge in [0.25, 0.3) is 5.69 Å². The van der Waals surface area contributed by atoms with Crippen LogP contribution in [0.25, 0.3) is 0 Å². The average Bonchev–Trinajstić information content (AvgIpc) is 3.21. The first-order valence-corrected chi connectivity index (χ1v) is 9.60. The van der Waals surface area contributed by atoms with Gasteiger partial charge in [-0.2, -0.15) is 0 Å². The molecule has 27 heavy (non-hydrogen) atoms. The van der Waals surface area contributed by atoms with E-state index in [0.29, 0.717) is 12.5 Å². The molecule has 2 N–H and O–H groups in total. The maximum atomic E-state index is 12.0. The van der Waals surface area contributed by atoms with E-state index >= 15 is 0 Å². The Morgan fingerprint density at radius 3 is 2.48 bits per heavy atom. The van der Waals surface area contributed by atoms with Crippen LogP contribution in [0.4, 0.5) is 11.4 Å². The summed E-state index contributed by atoms with van der Waals surface area (Å²) in [6, 6.07) is 6.26. The summed E-state index contributed by atoms with van der Waals surface area (Å²) in [5.41, 5.74) is 0.0939. The molecule has 2 fully saturated rings. The van der Waals surface area contributed by atoms with Crippen molar-refractivity contribution in [2.75, 3.05) is 25.0 Å². The normalized spacial score (nSPS) is 19.0. The van der Waals surface area contributed by atoms with E-state index in [0.717, 1.165) is 32.0 Å². The Bertz CT molecular complexity index is 695. The maximum Gasteiger partial charge on any atom is 0.313 e. The number of amides is 2. The first-order valence-electron chi connectivity index (χ1n) is 9.60. The van der Waals surface area contributed by atoms with Crippen LogP contribution in [0, 0.1) is 16.0 Å². The minimum Gasteiger partial charge on any atom is -0.348 e. The quantitative estimate of drug-likeness (QED) is 0.467. The van der Waals surface area contributed by atoms with Gasteiger partial charge >= 0.3 is 11.8 Å². The van der Waals surface area contributed by atoms with Gasteiger partial charge < -0.3 is 15.5 Å². The van der Waals surface area contributed by atoms with Crippen LogP contribution in [-0.2, 0) is 9.59 Å². The molecule has 1 saturated heterocycles. The first-order chi connectivity index (χ1) is 13.0. The van der Waals surface area contributed by atoms with Crippen molar-refractivity contribution in [3.8, 4) is 0 Å². The molecule has 8 nitrogen and oxygen atoms in total. The fraction of sp³-hybridized carbons (Fsp3) is 0.579. The summed E-state index contributed by atoms with van der Waals surface area (Å²) in [6.45, 7) is 2.61. The lowest BCUT2D eigenvalue weighted by molar-refractivity contribution is -0.384. The number of benzene rings is 1. The van der Waals surface area contributed by atoms with Crippen LogP contribution in [0.5, 0.6) is 0 Å². The molecule has 3 rings (SSSR count). The van der Waals surface area contributed by atoms with Gasteiger partial charge in [0, 0.05) is 30.4 Å². The van der Waals surface area contributed by atoms with Gasteiger partial charge in [0.1, 0.15) is 0 Å². The molecule has 0 aromatic heterocycles. The van der Waals surface area contributed by atoms with E-state index in [-0.39, 0.29) is 11.4 Å². The summed E-state index contributed by atoms with van der Waals surface area (Å²) in [6.07, 6.45) is 7.34. The topological polar surface area (TPSA) is 105 Å². The predicted molar refractivity (Wildman–Crippen MR) is 101 cm³/mol. The maximum absolute atomic E-state index is 12.0. The van der Waals surface area contributed by atoms with Gasteiger partial charge in [0.05, 0.1) is 4.92 Å². The van der Waals surface area contributed by atoms with Crippen molar-refractivity contribution < 1.29 is 14.5 Å². The second-order valence-corrected chi connectivity index (χ2v) is 7.39. The average molecular weight is 374 g/mol. The number of nitrogens with zero attached hydrogens (tertiary/aromatic N) is 2. The molecule has 8 heteroatoms. The standard InChI is InChI=1S/C19H26N4O4/c24-18(19(25)21-15-4-3-7-17(12-15)23(26)27)20-13-14-8-10-22(11-9-14)16-5-1-2-6-16/h3-4,7,12,14,16H,1-2,5-6,8-11,13H2,(H,20,24)(H,21,25). The van der Waals surface area contributed by atoms with E-state index in [9.17, 15) is 19.7 Å². The molecule has 1 aromatic carbocycles. The monoisotopic (exact) mass is 374 g/mol. The zero-order chi connectivity index (χ0) is 19.2. The molecule has 0 spiro atoms. The zero-order valence-electron chi connectivity index (χ0n) is 15.4. The van der Waals surface area contributed by atoms with Crippen molar-refractivity contribution in [1.29, 1.82) is 0 Å². The predicted octanol–water partition coefficient (Wildman–Crippen LogP) is 2.30. The van der Waals surface area contributed by atoms with E-state index < -0.39 is 16.7 Å². The molecule has 2 amide bonds. The molecule has 1 aliphatic carbocycles. The number of nitrogens with one attached hydrogen (secondary N) is 2. The molecule has 0 atom stereocenters. The molecule has 0 unspecified atom stereocenters. The molecule has 1 aromatic rings. The Morgan fingerprint density at radius 2 is 1.81 bits per heavy atom. The molecule has 0 radical (unpaired) electrons. The summed E-state index contributed by atoms with van der Waals surface area (Å²) in [5, 5.41) is 15.9. The second kappa shape index (κ2) is 8.94. The van der Waals surface area contributed by atoms with Crippen LogP contribution >= 0.6 is 0 Å². The molecular formula is C19H26N4O4. The first kappa shape index (κ1) is 19.3. The minimum absolute atomic E-state index is 0.137. The highest BCUT2D eigenvalue weighted by Crippen LogP contribution is 2.27. The molecule has 1 heterocycles. The SMILES string of the molecule is O=C(NCC1CCN(C2CCCC2)CC1)C(=O)Nc1cccc([N+](=O)[O-])c1. The number of piperidine rings is 1. The molecule has 2 aliphatic rings. The van der Waals surface area contributed by atoms with Crippen LogP contribution in [0.15, 0.2) is 24.3 Å². The summed E-state index contributed by atoms with van der Waals surface area (Å²) in [4.78, 5) is 36.8. The minimum atomic E-state index is -0.807. The number of non-ortho nitro benzene ring substituents is 1. The summed E-state index contributed by atoms with van der Waals surface area (Å²) in [5.74, 6) is -1.13. The van der Waals surface area contributed by atoms with Gasteiger partial charge in [-0.1, -0.05) is 18.9 Å². The Balaban J connectivity index is 1.40. The van der Waals surface area contributed by atoms with E-state index in [2.05, 4.69) is 15.5 Å². The van der Waals surface area contributed by atoms with E-state index in [1.165, 1.54) is 49.9 Å². The second-order valence-electron chi connectivity index (χ2n) is 7.39. The smallest absolute Gasteiger partial charge is 0.313 e. The number of rotatable bonds is 5. The zero-order valence-corrected chi connectivity index (χ0v) is 15.4. The van der Waals surface area contributed by atoms with Crippen molar-refractivity contribution in [3.05, 3.63) is 34.4 Å². The van der Waals surface area contributed by atoms with Crippen LogP contribution in [0.2, 0.25) is 0 Å². The van der Waals surface area contributed by atoms with Crippen molar-refractivity contribution in [2.45, 2.75) is 44.6 Å². The van der Waals surface area contributed by atoms with Gasteiger partial charge in [-0.3, -0.25) is 19.7 Å². The number of hydrogen-bond acceptors (Lipinski definition) is 5. The Kier molecular flexibility index (Phi) is 6.39. The lowest BCUT2D eigenvalue weighted by atomic mass is 9.95. The fourth-order valence-corrected chi connectivity index (χ4v) is 3.99. The molecular weight excluding hydrogens is 348 g/mol. The highest BCUT2D eigenvalue weighted by atomic mass is 16.6. The number of hydrogen-bond donors (Lipinski definition) is 2. The van der Waals surface area contributed by atoms with Gasteiger partial charge in [-0.15, -0.1) is 0 Å². The van der Waals surface area contributed by atoms with E-state index in [1.807, 2.05) is 0 Å². The highest BCUT2D eigenvalue weighted by Gasteiger charge is 2.27. The molecule has 146 valence electrons. The lowest BCUT2D eigenvalue weighted by Crippen LogP contribution is -2.44. The Labute approximate surface area is 158 Å². The van der Waals surface area contributed by atoms with E-state index in [4.69, 9.17) is 0 Å². The fourth-order valence-electron chi connectivity index (χ4n) is 3.99. The van der Waals surface area contributed by atoms with E-state index in [1.54, 1.807) is 0 Å². The van der Waals surface area contributed by atoms with Gasteiger partial charge in [0.2, 0.25) is 0 Å². The summed E-state index contributed by atoms with van der Waals surface area (Å²) < 4.78 is 0. The van der Waals surface area contributed by atoms with Crippen LogP contribution in [-0.4, -0.2) is 47.3 Å². The Morgan fingerprint density at radius 1 is 1.11 bits per heavy atom. The van der Waals surface area contributed by atoms with Crippen molar-refractivity contribution in [1.82, 2.24) is 10.2 Å². The third kappa shape index (κ3) is 5.26. The highest BCUT2D eigenvalue weighted by molar-refractivity contribution is 6.39.